The van der Waals surface area contributed by atoms with Gasteiger partial charge in [0.05, 0.1) is 19.1 Å². The highest BCUT2D eigenvalue weighted by Gasteiger charge is 2.31. The fourth-order valence-corrected chi connectivity index (χ4v) is 5.44. The van der Waals surface area contributed by atoms with Gasteiger partial charge in [0, 0.05) is 50.5 Å². The van der Waals surface area contributed by atoms with Crippen LogP contribution in [-0.4, -0.2) is 69.0 Å². The molecule has 1 aliphatic heterocycles. The molecular formula is C30H39F3N4O4. The highest BCUT2D eigenvalue weighted by molar-refractivity contribution is 5.94. The van der Waals surface area contributed by atoms with E-state index in [-0.39, 0.29) is 35.9 Å². The van der Waals surface area contributed by atoms with Gasteiger partial charge in [-0.05, 0) is 60.7 Å². The number of rotatable bonds is 12. The van der Waals surface area contributed by atoms with Crippen LogP contribution >= 0.6 is 0 Å². The lowest BCUT2D eigenvalue weighted by Gasteiger charge is -2.29. The van der Waals surface area contributed by atoms with Gasteiger partial charge in [0.25, 0.3) is 5.91 Å². The summed E-state index contributed by atoms with van der Waals surface area (Å²) in [5.74, 6) is -0.728. The van der Waals surface area contributed by atoms with Crippen LogP contribution in [0.25, 0.3) is 0 Å². The number of carbonyl (C=O) groups excluding carboxylic acids is 2. The molecule has 1 saturated carbocycles. The first-order chi connectivity index (χ1) is 19.8. The molecule has 1 aliphatic carbocycles. The van der Waals surface area contributed by atoms with Gasteiger partial charge in [0.1, 0.15) is 5.75 Å². The van der Waals surface area contributed by atoms with Crippen molar-refractivity contribution in [1.82, 2.24) is 15.5 Å². The van der Waals surface area contributed by atoms with E-state index < -0.39 is 6.36 Å². The summed E-state index contributed by atoms with van der Waals surface area (Å²) in [5, 5.41) is 9.06. The minimum absolute atomic E-state index is 0.103. The first kappa shape index (κ1) is 30.6. The predicted octanol–water partition coefficient (Wildman–Crippen LogP) is 4.57. The van der Waals surface area contributed by atoms with Gasteiger partial charge in [-0.1, -0.05) is 31.4 Å². The molecule has 8 nitrogen and oxygen atoms in total. The van der Waals surface area contributed by atoms with Gasteiger partial charge in [-0.15, -0.1) is 13.2 Å². The molecule has 2 amide bonds. The van der Waals surface area contributed by atoms with Gasteiger partial charge in [0.15, 0.2) is 0 Å². The number of nitrogens with zero attached hydrogens (tertiary/aromatic N) is 1. The Kier molecular flexibility index (Phi) is 11.3. The molecule has 0 aromatic heterocycles. The van der Waals surface area contributed by atoms with E-state index in [0.29, 0.717) is 24.3 Å². The number of ether oxygens (including phenoxy) is 2. The first-order valence-electron chi connectivity index (χ1n) is 14.3. The van der Waals surface area contributed by atoms with Crippen LogP contribution in [-0.2, 0) is 16.1 Å². The molecule has 1 atom stereocenters. The number of morpholine rings is 1. The van der Waals surface area contributed by atoms with Gasteiger partial charge in [-0.2, -0.15) is 0 Å². The SMILES string of the molecule is O=C(NCC(C(=O)NCCNc1ccc(OC(F)(F)F)cc1)C1CCCCC1)c1cccc(CN2CCOCC2)c1. The van der Waals surface area contributed by atoms with Gasteiger partial charge in [-0.25, -0.2) is 0 Å². The van der Waals surface area contributed by atoms with Crippen molar-refractivity contribution in [3.63, 3.8) is 0 Å². The van der Waals surface area contributed by atoms with E-state index >= 15 is 0 Å². The fourth-order valence-electron chi connectivity index (χ4n) is 5.44. The van der Waals surface area contributed by atoms with Gasteiger partial charge >= 0.3 is 6.36 Å². The van der Waals surface area contributed by atoms with Crippen molar-refractivity contribution in [2.45, 2.75) is 45.0 Å². The summed E-state index contributed by atoms with van der Waals surface area (Å²) in [6, 6.07) is 13.0. The third kappa shape index (κ3) is 10.2. The van der Waals surface area contributed by atoms with Crippen LogP contribution in [0.5, 0.6) is 5.75 Å². The number of hydrogen-bond donors (Lipinski definition) is 3. The average Bonchev–Trinajstić information content (AvgIpc) is 2.96. The summed E-state index contributed by atoms with van der Waals surface area (Å²) in [7, 11) is 0. The zero-order valence-electron chi connectivity index (χ0n) is 23.2. The average molecular weight is 577 g/mol. The van der Waals surface area contributed by atoms with E-state index in [0.717, 1.165) is 70.5 Å². The fraction of sp³-hybridized carbons (Fsp3) is 0.533. The van der Waals surface area contributed by atoms with Crippen molar-refractivity contribution in [2.75, 3.05) is 51.3 Å². The lowest BCUT2D eigenvalue weighted by atomic mass is 9.79. The Morgan fingerprint density at radius 1 is 0.976 bits per heavy atom. The highest BCUT2D eigenvalue weighted by Crippen LogP contribution is 2.30. The molecule has 0 radical (unpaired) electrons. The second-order valence-electron chi connectivity index (χ2n) is 10.6. The highest BCUT2D eigenvalue weighted by atomic mass is 19.4. The summed E-state index contributed by atoms with van der Waals surface area (Å²) < 4.78 is 46.3. The van der Waals surface area contributed by atoms with Crippen molar-refractivity contribution < 1.29 is 32.2 Å². The van der Waals surface area contributed by atoms with Crippen molar-refractivity contribution in [2.24, 2.45) is 11.8 Å². The molecule has 1 unspecified atom stereocenters. The number of nitrogens with one attached hydrogen (secondary N) is 3. The molecule has 2 fully saturated rings. The molecule has 2 aliphatic rings. The third-order valence-electron chi connectivity index (χ3n) is 7.58. The summed E-state index contributed by atoms with van der Waals surface area (Å²) in [4.78, 5) is 28.6. The number of hydrogen-bond acceptors (Lipinski definition) is 6. The van der Waals surface area contributed by atoms with Crippen LogP contribution in [0.2, 0.25) is 0 Å². The molecule has 1 saturated heterocycles. The number of carbonyl (C=O) groups is 2. The van der Waals surface area contributed by atoms with E-state index in [1.165, 1.54) is 24.3 Å². The second-order valence-corrected chi connectivity index (χ2v) is 10.6. The molecule has 2 aromatic rings. The Bertz CT molecular complexity index is 1120. The molecule has 3 N–H and O–H groups in total. The van der Waals surface area contributed by atoms with Crippen LogP contribution < -0.4 is 20.7 Å². The molecule has 1 heterocycles. The Morgan fingerprint density at radius 3 is 2.41 bits per heavy atom. The molecule has 2 aromatic carbocycles. The maximum Gasteiger partial charge on any atom is 0.573 e. The number of alkyl halides is 3. The number of benzene rings is 2. The maximum absolute atomic E-state index is 13.2. The molecule has 11 heteroatoms. The normalized spacial score (nSPS) is 17.4. The minimum atomic E-state index is -4.74. The Hall–Kier alpha value is -3.31. The minimum Gasteiger partial charge on any atom is -0.406 e. The van der Waals surface area contributed by atoms with Crippen LogP contribution in [0.15, 0.2) is 48.5 Å². The van der Waals surface area contributed by atoms with Gasteiger partial charge in [0.2, 0.25) is 5.91 Å². The van der Waals surface area contributed by atoms with Crippen LogP contribution in [0.3, 0.4) is 0 Å². The van der Waals surface area contributed by atoms with E-state index in [1.807, 2.05) is 18.2 Å². The molecule has 224 valence electrons. The van der Waals surface area contributed by atoms with Gasteiger partial charge in [-0.3, -0.25) is 14.5 Å². The monoisotopic (exact) mass is 576 g/mol. The smallest absolute Gasteiger partial charge is 0.406 e. The summed E-state index contributed by atoms with van der Waals surface area (Å²) in [5.41, 5.74) is 2.26. The lowest BCUT2D eigenvalue weighted by Crippen LogP contribution is -2.44. The molecule has 0 bridgehead atoms. The Morgan fingerprint density at radius 2 is 1.71 bits per heavy atom. The Balaban J connectivity index is 1.27. The maximum atomic E-state index is 13.2. The topological polar surface area (TPSA) is 91.9 Å². The number of halogens is 3. The van der Waals surface area contributed by atoms with Crippen LogP contribution in [0.1, 0.15) is 48.0 Å². The predicted molar refractivity (Wildman–Crippen MR) is 150 cm³/mol. The van der Waals surface area contributed by atoms with Crippen molar-refractivity contribution in [1.29, 1.82) is 0 Å². The zero-order chi connectivity index (χ0) is 29.1. The van der Waals surface area contributed by atoms with E-state index in [1.54, 1.807) is 6.07 Å². The summed E-state index contributed by atoms with van der Waals surface area (Å²) in [6.45, 7) is 4.92. The standard InChI is InChI=1S/C30H39F3N4O4/c31-30(32,33)41-26-11-9-25(10-12-26)34-13-14-35-29(39)27(23-6-2-1-3-7-23)20-36-28(38)24-8-4-5-22(19-24)21-37-15-17-40-18-16-37/h4-5,8-12,19,23,27,34H,1-3,6-7,13-18,20-21H2,(H,35,39)(H,36,38). The molecule has 41 heavy (non-hydrogen) atoms. The summed E-state index contributed by atoms with van der Waals surface area (Å²) in [6.07, 6.45) is 0.467. The number of anilines is 1. The zero-order valence-corrected chi connectivity index (χ0v) is 23.2. The second kappa shape index (κ2) is 15.1. The van der Waals surface area contributed by atoms with Crippen molar-refractivity contribution in [3.05, 3.63) is 59.7 Å². The van der Waals surface area contributed by atoms with Crippen molar-refractivity contribution >= 4 is 17.5 Å². The largest absolute Gasteiger partial charge is 0.573 e. The van der Waals surface area contributed by atoms with Crippen LogP contribution in [0, 0.1) is 11.8 Å². The van der Waals surface area contributed by atoms with E-state index in [9.17, 15) is 22.8 Å². The lowest BCUT2D eigenvalue weighted by molar-refractivity contribution is -0.274. The summed E-state index contributed by atoms with van der Waals surface area (Å²) >= 11 is 0. The molecular weight excluding hydrogens is 537 g/mol. The van der Waals surface area contributed by atoms with E-state index in [2.05, 4.69) is 25.6 Å². The molecule has 0 spiro atoms. The van der Waals surface area contributed by atoms with Crippen LogP contribution in [0.4, 0.5) is 18.9 Å². The quantitative estimate of drug-likeness (QED) is 0.321. The third-order valence-corrected chi connectivity index (χ3v) is 7.58. The van der Waals surface area contributed by atoms with Crippen molar-refractivity contribution in [3.8, 4) is 5.75 Å². The molecule has 4 rings (SSSR count). The first-order valence-corrected chi connectivity index (χ1v) is 14.3. The number of amides is 2. The van der Waals surface area contributed by atoms with Gasteiger partial charge < -0.3 is 25.4 Å². The van der Waals surface area contributed by atoms with E-state index in [4.69, 9.17) is 4.74 Å². The Labute approximate surface area is 239 Å².